The first kappa shape index (κ1) is 12.0. The molecule has 1 atom stereocenters. The summed E-state index contributed by atoms with van der Waals surface area (Å²) in [4.78, 5) is 0. The van der Waals surface area contributed by atoms with E-state index in [-0.39, 0.29) is 5.82 Å². The molecule has 3 rings (SSSR count). The Hall–Kier alpha value is -1.09. The van der Waals surface area contributed by atoms with E-state index in [0.717, 1.165) is 18.5 Å². The number of halogens is 1. The van der Waals surface area contributed by atoms with Crippen molar-refractivity contribution in [3.8, 4) is 5.75 Å². The molecule has 1 aliphatic carbocycles. The van der Waals surface area contributed by atoms with Crippen LogP contribution in [0, 0.1) is 11.7 Å². The lowest BCUT2D eigenvalue weighted by atomic mass is 9.86. The Morgan fingerprint density at radius 1 is 1.22 bits per heavy atom. The summed E-state index contributed by atoms with van der Waals surface area (Å²) in [5.74, 6) is 0.824. The van der Waals surface area contributed by atoms with Crippen molar-refractivity contribution < 1.29 is 9.13 Å². The predicted octanol–water partition coefficient (Wildman–Crippen LogP) is 3.43. The molecule has 0 bridgehead atoms. The third-order valence-electron chi connectivity index (χ3n) is 4.12. The Bertz CT molecular complexity index is 411. The van der Waals surface area contributed by atoms with Crippen LogP contribution >= 0.6 is 0 Å². The van der Waals surface area contributed by atoms with Gasteiger partial charge < -0.3 is 10.1 Å². The van der Waals surface area contributed by atoms with Crippen LogP contribution in [-0.2, 0) is 0 Å². The molecule has 1 heterocycles. The molecule has 0 aromatic heterocycles. The Morgan fingerprint density at radius 3 is 2.72 bits per heavy atom. The maximum atomic E-state index is 13.9. The van der Waals surface area contributed by atoms with E-state index in [1.807, 2.05) is 6.07 Å². The summed E-state index contributed by atoms with van der Waals surface area (Å²) in [5.41, 5.74) is 1.04. The molecule has 1 aromatic rings. The predicted molar refractivity (Wildman–Crippen MR) is 69.2 cm³/mol. The number of hydrogen-bond donors (Lipinski definition) is 1. The number of rotatable bonds is 4. The van der Waals surface area contributed by atoms with Crippen molar-refractivity contribution in [3.05, 3.63) is 29.6 Å². The van der Waals surface area contributed by atoms with Gasteiger partial charge in [0, 0.05) is 6.04 Å². The second kappa shape index (κ2) is 5.27. The average Bonchev–Trinajstić information content (AvgIpc) is 2.82. The number of benzene rings is 1. The van der Waals surface area contributed by atoms with Gasteiger partial charge in [0.15, 0.2) is 11.6 Å². The van der Waals surface area contributed by atoms with Gasteiger partial charge in [-0.2, -0.15) is 0 Å². The van der Waals surface area contributed by atoms with E-state index in [2.05, 4.69) is 5.32 Å². The van der Waals surface area contributed by atoms with E-state index in [1.54, 1.807) is 12.1 Å². The Labute approximate surface area is 108 Å². The number of hydrogen-bond acceptors (Lipinski definition) is 2. The molecule has 1 saturated carbocycles. The minimum absolute atomic E-state index is 0.222. The van der Waals surface area contributed by atoms with Crippen molar-refractivity contribution in [2.75, 3.05) is 13.2 Å². The second-order valence-corrected chi connectivity index (χ2v) is 5.45. The zero-order valence-electron chi connectivity index (χ0n) is 10.6. The van der Waals surface area contributed by atoms with Crippen molar-refractivity contribution in [1.82, 2.24) is 5.32 Å². The van der Waals surface area contributed by atoms with Crippen LogP contribution in [0.5, 0.6) is 5.75 Å². The normalized spacial score (nSPS) is 23.9. The smallest absolute Gasteiger partial charge is 0.165 e. The first-order valence-corrected chi connectivity index (χ1v) is 6.98. The molecule has 0 spiro atoms. The van der Waals surface area contributed by atoms with Crippen molar-refractivity contribution in [2.45, 2.75) is 38.1 Å². The molecule has 1 saturated heterocycles. The van der Waals surface area contributed by atoms with E-state index in [1.165, 1.54) is 25.7 Å². The van der Waals surface area contributed by atoms with Crippen LogP contribution in [0.15, 0.2) is 18.2 Å². The maximum Gasteiger partial charge on any atom is 0.165 e. The van der Waals surface area contributed by atoms with Gasteiger partial charge in [-0.3, -0.25) is 0 Å². The highest BCUT2D eigenvalue weighted by Crippen LogP contribution is 2.30. The SMILES string of the molecule is Fc1cc(C2CCCN2)ccc1OCC1CCC1. The van der Waals surface area contributed by atoms with Crippen molar-refractivity contribution in [3.63, 3.8) is 0 Å². The summed E-state index contributed by atoms with van der Waals surface area (Å²) >= 11 is 0. The van der Waals surface area contributed by atoms with Crippen LogP contribution in [0.4, 0.5) is 4.39 Å². The molecule has 0 amide bonds. The minimum Gasteiger partial charge on any atom is -0.490 e. The maximum absolute atomic E-state index is 13.9. The Balaban J connectivity index is 1.64. The molecular formula is C15H20FNO. The fourth-order valence-electron chi connectivity index (χ4n) is 2.69. The lowest BCUT2D eigenvalue weighted by Gasteiger charge is -2.25. The fraction of sp³-hybridized carbons (Fsp3) is 0.600. The van der Waals surface area contributed by atoms with Crippen molar-refractivity contribution in [2.24, 2.45) is 5.92 Å². The molecule has 1 aliphatic heterocycles. The fourth-order valence-corrected chi connectivity index (χ4v) is 2.69. The van der Waals surface area contributed by atoms with Crippen LogP contribution in [0.1, 0.15) is 43.7 Å². The molecule has 1 aromatic carbocycles. The first-order chi connectivity index (χ1) is 8.83. The van der Waals surface area contributed by atoms with Gasteiger partial charge >= 0.3 is 0 Å². The standard InChI is InChI=1S/C15H20FNO/c16-13-9-12(14-5-2-8-17-14)6-7-15(13)18-10-11-3-1-4-11/h6-7,9,11,14,17H,1-5,8,10H2. The van der Waals surface area contributed by atoms with E-state index < -0.39 is 0 Å². The molecule has 1 N–H and O–H groups in total. The molecule has 18 heavy (non-hydrogen) atoms. The van der Waals surface area contributed by atoms with Crippen LogP contribution in [0.2, 0.25) is 0 Å². The Kier molecular flexibility index (Phi) is 3.50. The quantitative estimate of drug-likeness (QED) is 0.882. The summed E-state index contributed by atoms with van der Waals surface area (Å²) < 4.78 is 19.5. The molecule has 0 radical (unpaired) electrons. The largest absolute Gasteiger partial charge is 0.490 e. The third-order valence-corrected chi connectivity index (χ3v) is 4.12. The van der Waals surface area contributed by atoms with Gasteiger partial charge in [0.25, 0.3) is 0 Å². The van der Waals surface area contributed by atoms with Gasteiger partial charge in [0.05, 0.1) is 6.61 Å². The first-order valence-electron chi connectivity index (χ1n) is 6.98. The highest BCUT2D eigenvalue weighted by Gasteiger charge is 2.20. The second-order valence-electron chi connectivity index (χ2n) is 5.45. The number of ether oxygens (including phenoxy) is 1. The molecule has 2 fully saturated rings. The van der Waals surface area contributed by atoms with Crippen molar-refractivity contribution in [1.29, 1.82) is 0 Å². The summed E-state index contributed by atoms with van der Waals surface area (Å²) in [6, 6.07) is 5.71. The highest BCUT2D eigenvalue weighted by atomic mass is 19.1. The molecule has 2 nitrogen and oxygen atoms in total. The van der Waals surface area contributed by atoms with Crippen LogP contribution in [-0.4, -0.2) is 13.2 Å². The summed E-state index contributed by atoms with van der Waals surface area (Å²) in [6.45, 7) is 1.70. The zero-order valence-corrected chi connectivity index (χ0v) is 10.6. The van der Waals surface area contributed by atoms with Crippen LogP contribution < -0.4 is 10.1 Å². The van der Waals surface area contributed by atoms with E-state index in [9.17, 15) is 4.39 Å². The summed E-state index contributed by atoms with van der Waals surface area (Å²) in [5, 5.41) is 3.38. The minimum atomic E-state index is -0.222. The average molecular weight is 249 g/mol. The molecular weight excluding hydrogens is 229 g/mol. The molecule has 2 aliphatic rings. The monoisotopic (exact) mass is 249 g/mol. The van der Waals surface area contributed by atoms with E-state index in [4.69, 9.17) is 4.74 Å². The van der Waals surface area contributed by atoms with Gasteiger partial charge in [-0.15, -0.1) is 0 Å². The van der Waals surface area contributed by atoms with Gasteiger partial charge in [-0.05, 0) is 55.8 Å². The Morgan fingerprint density at radius 2 is 2.11 bits per heavy atom. The lowest BCUT2D eigenvalue weighted by Crippen LogP contribution is -2.19. The van der Waals surface area contributed by atoms with E-state index >= 15 is 0 Å². The van der Waals surface area contributed by atoms with Gasteiger partial charge in [-0.1, -0.05) is 12.5 Å². The zero-order chi connectivity index (χ0) is 12.4. The molecule has 1 unspecified atom stereocenters. The van der Waals surface area contributed by atoms with Gasteiger partial charge in [0.2, 0.25) is 0 Å². The van der Waals surface area contributed by atoms with Gasteiger partial charge in [-0.25, -0.2) is 4.39 Å². The van der Waals surface area contributed by atoms with Crippen molar-refractivity contribution >= 4 is 0 Å². The van der Waals surface area contributed by atoms with Gasteiger partial charge in [0.1, 0.15) is 0 Å². The molecule has 98 valence electrons. The summed E-state index contributed by atoms with van der Waals surface area (Å²) in [7, 11) is 0. The molecule has 3 heteroatoms. The van der Waals surface area contributed by atoms with Crippen LogP contribution in [0.3, 0.4) is 0 Å². The highest BCUT2D eigenvalue weighted by molar-refractivity contribution is 5.31. The third kappa shape index (κ3) is 2.51. The topological polar surface area (TPSA) is 21.3 Å². The van der Waals surface area contributed by atoms with E-state index in [0.29, 0.717) is 24.3 Å². The summed E-state index contributed by atoms with van der Waals surface area (Å²) in [6.07, 6.45) is 6.02. The lowest BCUT2D eigenvalue weighted by molar-refractivity contribution is 0.175. The van der Waals surface area contributed by atoms with Crippen LogP contribution in [0.25, 0.3) is 0 Å². The number of nitrogens with one attached hydrogen (secondary N) is 1.